The second-order valence-electron chi connectivity index (χ2n) is 5.12. The van der Waals surface area contributed by atoms with Crippen molar-refractivity contribution in [3.05, 3.63) is 71.8 Å². The Morgan fingerprint density at radius 1 is 0.913 bits per heavy atom. The van der Waals surface area contributed by atoms with Crippen LogP contribution in [0.4, 0.5) is 0 Å². The van der Waals surface area contributed by atoms with Crippen LogP contribution >= 0.6 is 23.5 Å². The van der Waals surface area contributed by atoms with Gasteiger partial charge >= 0.3 is 7.60 Å². The van der Waals surface area contributed by atoms with E-state index in [0.29, 0.717) is 5.33 Å². The van der Waals surface area contributed by atoms with Gasteiger partial charge in [0.2, 0.25) is 0 Å². The molecule has 0 bridgehead atoms. The summed E-state index contributed by atoms with van der Waals surface area (Å²) >= 11 is 3.18. The normalized spacial score (nSPS) is 13.0. The lowest BCUT2D eigenvalue weighted by Crippen LogP contribution is -2.16. The predicted octanol–water partition coefficient (Wildman–Crippen LogP) is 4.37. The van der Waals surface area contributed by atoms with Crippen LogP contribution in [0.3, 0.4) is 0 Å². The first-order valence-corrected chi connectivity index (χ1v) is 10.2. The van der Waals surface area contributed by atoms with Gasteiger partial charge in [-0.3, -0.25) is 4.57 Å². The number of rotatable bonds is 9. The lowest BCUT2D eigenvalue weighted by molar-refractivity contribution is 0.167. The van der Waals surface area contributed by atoms with E-state index in [0.717, 1.165) is 11.1 Å². The molecule has 0 aromatic heterocycles. The van der Waals surface area contributed by atoms with E-state index in [2.05, 4.69) is 15.9 Å². The van der Waals surface area contributed by atoms with Crippen molar-refractivity contribution in [1.82, 2.24) is 0 Å². The average Bonchev–Trinajstić information content (AvgIpc) is 2.60. The van der Waals surface area contributed by atoms with Crippen LogP contribution < -0.4 is 0 Å². The minimum atomic E-state index is -3.40. The van der Waals surface area contributed by atoms with Crippen molar-refractivity contribution in [3.63, 3.8) is 0 Å². The van der Waals surface area contributed by atoms with Crippen molar-refractivity contribution >= 4 is 23.5 Å². The Hall–Kier alpha value is -0.970. The number of benzene rings is 2. The maximum absolute atomic E-state index is 12.9. The van der Waals surface area contributed by atoms with E-state index in [4.69, 9.17) is 9.05 Å². The number of hydrogen-bond donors (Lipinski definition) is 1. The van der Waals surface area contributed by atoms with E-state index in [9.17, 15) is 9.67 Å². The van der Waals surface area contributed by atoms with Gasteiger partial charge in [-0.1, -0.05) is 76.6 Å². The summed E-state index contributed by atoms with van der Waals surface area (Å²) in [5.74, 6) is 0. The summed E-state index contributed by atoms with van der Waals surface area (Å²) in [7, 11) is -3.40. The fraction of sp³-hybridized carbons (Fsp3) is 0.294. The number of hydrogen-bond acceptors (Lipinski definition) is 4. The number of aliphatic hydroxyl groups excluding tert-OH is 1. The molecule has 1 unspecified atom stereocenters. The highest BCUT2D eigenvalue weighted by Gasteiger charge is 2.28. The van der Waals surface area contributed by atoms with Gasteiger partial charge in [-0.05, 0) is 11.1 Å². The van der Waals surface area contributed by atoms with Crippen molar-refractivity contribution < 1.29 is 18.7 Å². The highest BCUT2D eigenvalue weighted by Crippen LogP contribution is 2.50. The Balaban J connectivity index is 2.00. The standard InChI is InChI=1S/C17H20BrO4P/c18-11-17(19)14-23(20,21-12-15-7-3-1-4-8-15)22-13-16-9-5-2-6-10-16/h1-10,17,19H,11-14H2. The molecule has 2 aromatic rings. The summed E-state index contributed by atoms with van der Waals surface area (Å²) in [6, 6.07) is 18.9. The Labute approximate surface area is 145 Å². The molecule has 1 atom stereocenters. The van der Waals surface area contributed by atoms with Gasteiger partial charge in [0.25, 0.3) is 0 Å². The van der Waals surface area contributed by atoms with Crippen molar-refractivity contribution in [3.8, 4) is 0 Å². The molecule has 2 aromatic carbocycles. The molecule has 2 rings (SSSR count). The largest absolute Gasteiger partial charge is 0.392 e. The zero-order valence-electron chi connectivity index (χ0n) is 12.7. The Bertz CT molecular complexity index is 574. The Morgan fingerprint density at radius 2 is 1.35 bits per heavy atom. The van der Waals surface area contributed by atoms with E-state index in [1.165, 1.54) is 0 Å². The van der Waals surface area contributed by atoms with Crippen LogP contribution in [0.25, 0.3) is 0 Å². The summed E-state index contributed by atoms with van der Waals surface area (Å²) in [5, 5.41) is 10.1. The molecule has 0 radical (unpaired) electrons. The van der Waals surface area contributed by atoms with Crippen LogP contribution in [-0.2, 0) is 26.8 Å². The Morgan fingerprint density at radius 3 is 1.74 bits per heavy atom. The van der Waals surface area contributed by atoms with Crippen molar-refractivity contribution in [2.24, 2.45) is 0 Å². The molecule has 1 N–H and O–H groups in total. The average molecular weight is 399 g/mol. The van der Waals surface area contributed by atoms with Gasteiger partial charge in [-0.25, -0.2) is 0 Å². The first-order valence-electron chi connectivity index (χ1n) is 7.31. The molecule has 0 spiro atoms. The van der Waals surface area contributed by atoms with E-state index in [1.807, 2.05) is 60.7 Å². The van der Waals surface area contributed by atoms with Crippen LogP contribution in [0.5, 0.6) is 0 Å². The third-order valence-electron chi connectivity index (χ3n) is 3.15. The van der Waals surface area contributed by atoms with E-state index in [1.54, 1.807) is 0 Å². The third kappa shape index (κ3) is 6.58. The van der Waals surface area contributed by atoms with Gasteiger partial charge in [0.15, 0.2) is 0 Å². The molecule has 0 amide bonds. The van der Waals surface area contributed by atoms with E-state index < -0.39 is 13.7 Å². The summed E-state index contributed by atoms with van der Waals surface area (Å²) < 4.78 is 24.0. The second kappa shape index (κ2) is 9.36. The lowest BCUT2D eigenvalue weighted by atomic mass is 10.2. The van der Waals surface area contributed by atoms with Crippen LogP contribution in [0.1, 0.15) is 11.1 Å². The van der Waals surface area contributed by atoms with Crippen LogP contribution in [-0.4, -0.2) is 22.7 Å². The number of halogens is 1. The molecule has 23 heavy (non-hydrogen) atoms. The molecule has 0 saturated heterocycles. The molecule has 6 heteroatoms. The van der Waals surface area contributed by atoms with Crippen molar-refractivity contribution in [1.29, 1.82) is 0 Å². The van der Waals surface area contributed by atoms with Gasteiger partial charge in [-0.15, -0.1) is 0 Å². The zero-order chi connectivity index (χ0) is 16.5. The minimum Gasteiger partial charge on any atom is -0.392 e. The first kappa shape index (κ1) is 18.4. The molecule has 0 aliphatic rings. The summed E-state index contributed by atoms with van der Waals surface area (Å²) in [6.45, 7) is 0.365. The second-order valence-corrected chi connectivity index (χ2v) is 7.87. The molecule has 0 aliphatic heterocycles. The Kier molecular flexibility index (Phi) is 7.47. The maximum Gasteiger partial charge on any atom is 0.333 e. The molecule has 0 aliphatic carbocycles. The SMILES string of the molecule is O=P(CC(O)CBr)(OCc1ccccc1)OCc1ccccc1. The van der Waals surface area contributed by atoms with Gasteiger partial charge < -0.3 is 14.2 Å². The monoisotopic (exact) mass is 398 g/mol. The fourth-order valence-corrected chi connectivity index (χ4v) is 4.15. The molecular weight excluding hydrogens is 379 g/mol. The van der Waals surface area contributed by atoms with Gasteiger partial charge in [0, 0.05) is 5.33 Å². The predicted molar refractivity (Wildman–Crippen MR) is 94.7 cm³/mol. The lowest BCUT2D eigenvalue weighted by Gasteiger charge is -2.20. The van der Waals surface area contributed by atoms with Crippen molar-refractivity contribution in [2.75, 3.05) is 11.5 Å². The van der Waals surface area contributed by atoms with Gasteiger partial charge in [-0.2, -0.15) is 0 Å². The van der Waals surface area contributed by atoms with E-state index in [-0.39, 0.29) is 19.4 Å². The van der Waals surface area contributed by atoms with Crippen LogP contribution in [0, 0.1) is 0 Å². The van der Waals surface area contributed by atoms with Gasteiger partial charge in [0.05, 0.1) is 25.5 Å². The molecule has 0 saturated carbocycles. The minimum absolute atomic E-state index is 0.0437. The van der Waals surface area contributed by atoms with Crippen molar-refractivity contribution in [2.45, 2.75) is 19.3 Å². The highest BCUT2D eigenvalue weighted by atomic mass is 79.9. The summed E-state index contributed by atoms with van der Waals surface area (Å²) in [6.07, 6.45) is -0.829. The summed E-state index contributed by atoms with van der Waals surface area (Å²) in [5.41, 5.74) is 1.81. The summed E-state index contributed by atoms with van der Waals surface area (Å²) in [4.78, 5) is 0. The van der Waals surface area contributed by atoms with Crippen LogP contribution in [0.15, 0.2) is 60.7 Å². The quantitative estimate of drug-likeness (QED) is 0.503. The highest BCUT2D eigenvalue weighted by molar-refractivity contribution is 9.09. The molecule has 0 heterocycles. The van der Waals surface area contributed by atoms with Crippen LogP contribution in [0.2, 0.25) is 0 Å². The maximum atomic E-state index is 12.9. The molecule has 124 valence electrons. The smallest absolute Gasteiger partial charge is 0.333 e. The number of alkyl halides is 1. The van der Waals surface area contributed by atoms with Gasteiger partial charge in [0.1, 0.15) is 0 Å². The zero-order valence-corrected chi connectivity index (χ0v) is 15.2. The fourth-order valence-electron chi connectivity index (χ4n) is 1.94. The topological polar surface area (TPSA) is 55.8 Å². The van der Waals surface area contributed by atoms with E-state index >= 15 is 0 Å². The molecule has 0 fully saturated rings. The number of aliphatic hydroxyl groups is 1. The molecular formula is C17H20BrO4P. The third-order valence-corrected chi connectivity index (χ3v) is 5.82. The molecule has 4 nitrogen and oxygen atoms in total. The first-order chi connectivity index (χ1) is 11.1.